The van der Waals surface area contributed by atoms with Crippen molar-refractivity contribution in [3.8, 4) is 0 Å². The Balaban J connectivity index is 2.53. The predicted octanol–water partition coefficient (Wildman–Crippen LogP) is 3.43. The molecule has 124 valence electrons. The summed E-state index contributed by atoms with van der Waals surface area (Å²) in [6, 6.07) is 11.6. The molecule has 0 saturated carbocycles. The summed E-state index contributed by atoms with van der Waals surface area (Å²) in [7, 11) is -4.38. The highest BCUT2D eigenvalue weighted by atomic mass is 32.2. The second-order valence-electron chi connectivity index (χ2n) is 5.46. The maximum atomic E-state index is 11.9. The summed E-state index contributed by atoms with van der Waals surface area (Å²) < 4.78 is 33.0. The van der Waals surface area contributed by atoms with E-state index >= 15 is 0 Å². The minimum atomic E-state index is -4.38. The molecule has 0 amide bonds. The van der Waals surface area contributed by atoms with Crippen LogP contribution in [0.15, 0.2) is 42.5 Å². The Morgan fingerprint density at radius 1 is 1.12 bits per heavy atom. The van der Waals surface area contributed by atoms with Crippen LogP contribution in [0.3, 0.4) is 0 Å². The number of hydrogen-bond acceptors (Lipinski definition) is 4. The Morgan fingerprint density at radius 3 is 2.42 bits per heavy atom. The topological polar surface area (TPSA) is 105 Å². The average Bonchev–Trinajstić information content (AvgIpc) is 2.51. The quantitative estimate of drug-likeness (QED) is 0.554. The number of para-hydroxylation sites is 1. The first kappa shape index (κ1) is 16.4. The number of nitrogens with zero attached hydrogens (tertiary/aromatic N) is 1. The van der Waals surface area contributed by atoms with Gasteiger partial charge in [0.1, 0.15) is 5.25 Å². The van der Waals surface area contributed by atoms with Gasteiger partial charge in [0.25, 0.3) is 10.1 Å². The minimum absolute atomic E-state index is 0.00620. The van der Waals surface area contributed by atoms with Gasteiger partial charge in [-0.05, 0) is 24.1 Å². The molecule has 1 atom stereocenters. The molecule has 0 aliphatic rings. The number of hydrogen-bond donors (Lipinski definition) is 2. The minimum Gasteiger partial charge on any atom is -0.478 e. The molecule has 3 rings (SSSR count). The zero-order chi connectivity index (χ0) is 17.5. The molecule has 1 unspecified atom stereocenters. The molecule has 0 fully saturated rings. The van der Waals surface area contributed by atoms with Gasteiger partial charge in [0.05, 0.1) is 16.6 Å². The maximum Gasteiger partial charge on any atom is 0.337 e. The van der Waals surface area contributed by atoms with E-state index in [1.54, 1.807) is 43.3 Å². The number of aromatic carboxylic acids is 1. The molecule has 3 aromatic rings. The maximum absolute atomic E-state index is 11.9. The zero-order valence-corrected chi connectivity index (χ0v) is 13.6. The number of carboxylic acids is 1. The van der Waals surface area contributed by atoms with Crippen LogP contribution >= 0.6 is 0 Å². The van der Waals surface area contributed by atoms with Gasteiger partial charge in [-0.15, -0.1) is 0 Å². The monoisotopic (exact) mass is 345 g/mol. The van der Waals surface area contributed by atoms with Crippen molar-refractivity contribution >= 4 is 37.9 Å². The fourth-order valence-corrected chi connectivity index (χ4v) is 3.99. The lowest BCUT2D eigenvalue weighted by Crippen LogP contribution is -2.13. The zero-order valence-electron chi connectivity index (χ0n) is 12.8. The van der Waals surface area contributed by atoms with Crippen molar-refractivity contribution in [3.05, 3.63) is 53.6 Å². The fraction of sp³-hybridized carbons (Fsp3) is 0.176. The number of carboxylic acid groups (broad SMARTS) is 1. The SMILES string of the molecule is CCC(c1cccc2nc3ccccc3c(C(=O)O)c12)S(=O)(=O)O. The summed E-state index contributed by atoms with van der Waals surface area (Å²) in [5, 5.41) is 9.19. The van der Waals surface area contributed by atoms with Crippen LogP contribution in [0.2, 0.25) is 0 Å². The van der Waals surface area contributed by atoms with Crippen LogP contribution in [0.1, 0.15) is 34.5 Å². The number of rotatable bonds is 4. The second kappa shape index (κ2) is 5.85. The van der Waals surface area contributed by atoms with E-state index in [1.807, 2.05) is 0 Å². The highest BCUT2D eigenvalue weighted by molar-refractivity contribution is 7.86. The third-order valence-electron chi connectivity index (χ3n) is 4.03. The van der Waals surface area contributed by atoms with Crippen LogP contribution in [0, 0.1) is 0 Å². The third-order valence-corrected chi connectivity index (χ3v) is 5.34. The Labute approximate surface area is 138 Å². The highest BCUT2D eigenvalue weighted by Crippen LogP contribution is 2.35. The van der Waals surface area contributed by atoms with Gasteiger partial charge in [-0.3, -0.25) is 4.55 Å². The van der Waals surface area contributed by atoms with Gasteiger partial charge >= 0.3 is 5.97 Å². The molecule has 7 heteroatoms. The Hall–Kier alpha value is -2.51. The van der Waals surface area contributed by atoms with Crippen molar-refractivity contribution in [1.29, 1.82) is 0 Å². The summed E-state index contributed by atoms with van der Waals surface area (Å²) in [6.07, 6.45) is 0.115. The van der Waals surface area contributed by atoms with Gasteiger partial charge in [0, 0.05) is 10.8 Å². The van der Waals surface area contributed by atoms with E-state index in [4.69, 9.17) is 0 Å². The number of benzene rings is 2. The van der Waals surface area contributed by atoms with Crippen molar-refractivity contribution in [2.75, 3.05) is 0 Å². The van der Waals surface area contributed by atoms with Crippen LogP contribution < -0.4 is 0 Å². The molecule has 0 aliphatic heterocycles. The molecule has 0 saturated heterocycles. The van der Waals surface area contributed by atoms with E-state index in [0.29, 0.717) is 16.4 Å². The van der Waals surface area contributed by atoms with Crippen LogP contribution in [0.5, 0.6) is 0 Å². The van der Waals surface area contributed by atoms with E-state index in [1.165, 1.54) is 6.07 Å². The highest BCUT2D eigenvalue weighted by Gasteiger charge is 2.28. The lowest BCUT2D eigenvalue weighted by molar-refractivity contribution is 0.0701. The van der Waals surface area contributed by atoms with Gasteiger partial charge in [-0.1, -0.05) is 37.3 Å². The summed E-state index contributed by atoms with van der Waals surface area (Å²) in [5.41, 5.74) is 1.13. The first-order valence-corrected chi connectivity index (χ1v) is 8.86. The molecule has 2 aromatic carbocycles. The lowest BCUT2D eigenvalue weighted by Gasteiger charge is -2.17. The van der Waals surface area contributed by atoms with E-state index in [0.717, 1.165) is 0 Å². The summed E-state index contributed by atoms with van der Waals surface area (Å²) >= 11 is 0. The Bertz CT molecular complexity index is 1060. The van der Waals surface area contributed by atoms with E-state index in [2.05, 4.69) is 4.98 Å². The largest absolute Gasteiger partial charge is 0.478 e. The normalized spacial score (nSPS) is 13.2. The van der Waals surface area contributed by atoms with Crippen molar-refractivity contribution in [2.45, 2.75) is 18.6 Å². The van der Waals surface area contributed by atoms with E-state index < -0.39 is 21.3 Å². The molecule has 0 bridgehead atoms. The van der Waals surface area contributed by atoms with Crippen molar-refractivity contribution in [3.63, 3.8) is 0 Å². The van der Waals surface area contributed by atoms with E-state index in [-0.39, 0.29) is 22.9 Å². The smallest absolute Gasteiger partial charge is 0.337 e. The standard InChI is InChI=1S/C17H15NO5S/c1-2-14(24(21,22)23)11-7-5-9-13-15(11)16(17(19)20)10-6-3-4-8-12(10)18-13/h3-9,14H,2H2,1H3,(H,19,20)(H,21,22,23). The summed E-state index contributed by atoms with van der Waals surface area (Å²) in [6.45, 7) is 1.62. The number of aromatic nitrogens is 1. The van der Waals surface area contributed by atoms with Crippen LogP contribution in [-0.2, 0) is 10.1 Å². The van der Waals surface area contributed by atoms with Gasteiger partial charge in [-0.25, -0.2) is 9.78 Å². The van der Waals surface area contributed by atoms with Gasteiger partial charge < -0.3 is 5.11 Å². The van der Waals surface area contributed by atoms with Crippen LogP contribution in [-0.4, -0.2) is 29.0 Å². The molecule has 6 nitrogen and oxygen atoms in total. The van der Waals surface area contributed by atoms with Gasteiger partial charge in [0.15, 0.2) is 0 Å². The van der Waals surface area contributed by atoms with Gasteiger partial charge in [-0.2, -0.15) is 8.42 Å². The molecule has 2 N–H and O–H groups in total. The Morgan fingerprint density at radius 2 is 1.79 bits per heavy atom. The fourth-order valence-electron chi connectivity index (χ4n) is 3.05. The molecule has 0 radical (unpaired) electrons. The average molecular weight is 345 g/mol. The number of fused-ring (bicyclic) bond motifs is 2. The molecule has 0 spiro atoms. The molecule has 1 aromatic heterocycles. The van der Waals surface area contributed by atoms with Crippen molar-refractivity contribution in [1.82, 2.24) is 4.98 Å². The Kier molecular flexibility index (Phi) is 3.98. The predicted molar refractivity (Wildman–Crippen MR) is 90.8 cm³/mol. The van der Waals surface area contributed by atoms with Crippen molar-refractivity contribution in [2.24, 2.45) is 0 Å². The molecule has 0 aliphatic carbocycles. The van der Waals surface area contributed by atoms with Crippen LogP contribution in [0.25, 0.3) is 21.8 Å². The molecular weight excluding hydrogens is 330 g/mol. The molecular formula is C17H15NO5S. The first-order valence-electron chi connectivity index (χ1n) is 7.35. The van der Waals surface area contributed by atoms with Crippen molar-refractivity contribution < 1.29 is 22.9 Å². The first-order chi connectivity index (χ1) is 11.3. The van der Waals surface area contributed by atoms with Gasteiger partial charge in [0.2, 0.25) is 0 Å². The summed E-state index contributed by atoms with van der Waals surface area (Å²) in [5.74, 6) is -1.17. The molecule has 1 heterocycles. The van der Waals surface area contributed by atoms with Crippen LogP contribution in [0.4, 0.5) is 0 Å². The molecule has 24 heavy (non-hydrogen) atoms. The lowest BCUT2D eigenvalue weighted by atomic mass is 9.96. The van der Waals surface area contributed by atoms with E-state index in [9.17, 15) is 22.9 Å². The third kappa shape index (κ3) is 2.61. The second-order valence-corrected chi connectivity index (χ2v) is 7.06. The number of carbonyl (C=O) groups is 1. The summed E-state index contributed by atoms with van der Waals surface area (Å²) in [4.78, 5) is 16.3. The number of pyridine rings is 1.